The minimum absolute atomic E-state index is 0.128. The molecule has 7 heteroatoms. The molecular weight excluding hydrogens is 451 g/mol. The van der Waals surface area contributed by atoms with Gasteiger partial charge in [-0.15, -0.1) is 0 Å². The molecule has 4 rings (SSSR count). The molecule has 0 aromatic heterocycles. The fourth-order valence-corrected chi connectivity index (χ4v) is 5.62. The normalized spacial score (nSPS) is 21.9. The van der Waals surface area contributed by atoms with Gasteiger partial charge in [0.05, 0.1) is 11.5 Å². The lowest BCUT2D eigenvalue weighted by molar-refractivity contribution is -0.138. The predicted molar refractivity (Wildman–Crippen MR) is 134 cm³/mol. The number of carbonyl (C=O) groups excluding carboxylic acids is 1. The number of likely N-dealkylation sites (tertiary alicyclic amines) is 1. The Balaban J connectivity index is 1.56. The largest absolute Gasteiger partial charge is 0.416 e. The fraction of sp³-hybridized carbons (Fsp3) is 0.536. The molecule has 2 aliphatic rings. The van der Waals surface area contributed by atoms with Crippen LogP contribution in [0.3, 0.4) is 0 Å². The van der Waals surface area contributed by atoms with Crippen LogP contribution in [0, 0.1) is 12.8 Å². The van der Waals surface area contributed by atoms with Gasteiger partial charge in [0.2, 0.25) is 5.91 Å². The fourth-order valence-electron chi connectivity index (χ4n) is 5.62. The van der Waals surface area contributed by atoms with Crippen LogP contribution < -0.4 is 10.6 Å². The van der Waals surface area contributed by atoms with E-state index < -0.39 is 11.7 Å². The van der Waals surface area contributed by atoms with Crippen molar-refractivity contribution >= 4 is 17.3 Å². The first-order chi connectivity index (χ1) is 16.6. The molecule has 0 bridgehead atoms. The lowest BCUT2D eigenvalue weighted by Crippen LogP contribution is -2.46. The first kappa shape index (κ1) is 25.5. The summed E-state index contributed by atoms with van der Waals surface area (Å²) in [4.78, 5) is 15.8. The molecule has 2 aromatic carbocycles. The molecule has 1 heterocycles. The SMILES string of the molecule is Cc1ccc(NC(=O)[C@H]2CCCN(C(C)C)[C@H]2c2ccc(NC3CCCC3)cc2)cc1C(F)(F)F. The van der Waals surface area contributed by atoms with Crippen LogP contribution in [-0.4, -0.2) is 29.4 Å². The summed E-state index contributed by atoms with van der Waals surface area (Å²) in [5.74, 6) is -0.582. The number of rotatable bonds is 6. The summed E-state index contributed by atoms with van der Waals surface area (Å²) >= 11 is 0. The van der Waals surface area contributed by atoms with Crippen molar-refractivity contribution in [2.24, 2.45) is 5.92 Å². The summed E-state index contributed by atoms with van der Waals surface area (Å²) < 4.78 is 40.1. The summed E-state index contributed by atoms with van der Waals surface area (Å²) in [6.07, 6.45) is 2.04. The molecule has 1 saturated heterocycles. The van der Waals surface area contributed by atoms with Crippen molar-refractivity contribution in [2.75, 3.05) is 17.2 Å². The Morgan fingerprint density at radius 2 is 1.63 bits per heavy atom. The van der Waals surface area contributed by atoms with Crippen molar-refractivity contribution in [1.29, 1.82) is 0 Å². The van der Waals surface area contributed by atoms with Crippen molar-refractivity contribution in [3.63, 3.8) is 0 Å². The molecule has 2 fully saturated rings. The highest BCUT2D eigenvalue weighted by atomic mass is 19.4. The highest BCUT2D eigenvalue weighted by Gasteiger charge is 2.38. The monoisotopic (exact) mass is 487 g/mol. The minimum Gasteiger partial charge on any atom is -0.382 e. The van der Waals surface area contributed by atoms with E-state index in [1.165, 1.54) is 38.7 Å². The maximum atomic E-state index is 13.4. The Labute approximate surface area is 206 Å². The summed E-state index contributed by atoms with van der Waals surface area (Å²) in [6, 6.07) is 13.0. The molecule has 2 aromatic rings. The summed E-state index contributed by atoms with van der Waals surface area (Å²) in [7, 11) is 0. The lowest BCUT2D eigenvalue weighted by Gasteiger charge is -2.43. The predicted octanol–water partition coefficient (Wildman–Crippen LogP) is 7.17. The van der Waals surface area contributed by atoms with E-state index in [0.29, 0.717) is 12.5 Å². The van der Waals surface area contributed by atoms with E-state index in [2.05, 4.69) is 53.6 Å². The van der Waals surface area contributed by atoms with E-state index in [0.717, 1.165) is 30.3 Å². The van der Waals surface area contributed by atoms with Gasteiger partial charge in [-0.2, -0.15) is 13.2 Å². The van der Waals surface area contributed by atoms with Crippen LogP contribution in [0.1, 0.15) is 75.1 Å². The molecular formula is C28H36F3N3O. The van der Waals surface area contributed by atoms with Gasteiger partial charge in [-0.3, -0.25) is 9.69 Å². The van der Waals surface area contributed by atoms with Crippen LogP contribution in [0.2, 0.25) is 0 Å². The van der Waals surface area contributed by atoms with Crippen LogP contribution in [-0.2, 0) is 11.0 Å². The first-order valence-corrected chi connectivity index (χ1v) is 12.7. The van der Waals surface area contributed by atoms with Crippen molar-refractivity contribution in [1.82, 2.24) is 4.90 Å². The van der Waals surface area contributed by atoms with E-state index >= 15 is 0 Å². The number of hydrogen-bond donors (Lipinski definition) is 2. The molecule has 2 atom stereocenters. The molecule has 1 saturated carbocycles. The summed E-state index contributed by atoms with van der Waals surface area (Å²) in [6.45, 7) is 6.56. The summed E-state index contributed by atoms with van der Waals surface area (Å²) in [5.41, 5.74) is 1.76. The van der Waals surface area contributed by atoms with Crippen molar-refractivity contribution in [2.45, 2.75) is 83.6 Å². The highest BCUT2D eigenvalue weighted by molar-refractivity contribution is 5.93. The van der Waals surface area contributed by atoms with Crippen LogP contribution >= 0.6 is 0 Å². The maximum Gasteiger partial charge on any atom is 0.416 e. The number of hydrogen-bond acceptors (Lipinski definition) is 3. The average molecular weight is 488 g/mol. The van der Waals surface area contributed by atoms with Gasteiger partial charge in [-0.1, -0.05) is 31.0 Å². The zero-order valence-corrected chi connectivity index (χ0v) is 20.8. The number of anilines is 2. The molecule has 1 amide bonds. The van der Waals surface area contributed by atoms with E-state index in [9.17, 15) is 18.0 Å². The van der Waals surface area contributed by atoms with Crippen LogP contribution in [0.5, 0.6) is 0 Å². The number of carbonyl (C=O) groups is 1. The number of amides is 1. The molecule has 2 N–H and O–H groups in total. The number of nitrogens with one attached hydrogen (secondary N) is 2. The topological polar surface area (TPSA) is 44.4 Å². The Bertz CT molecular complexity index is 1010. The Morgan fingerprint density at radius 3 is 2.26 bits per heavy atom. The van der Waals surface area contributed by atoms with Gasteiger partial charge in [0.15, 0.2) is 0 Å². The third-order valence-electron chi connectivity index (χ3n) is 7.46. The molecule has 1 aliphatic heterocycles. The molecule has 190 valence electrons. The molecule has 0 spiro atoms. The minimum atomic E-state index is -4.46. The van der Waals surface area contributed by atoms with Crippen molar-refractivity contribution in [3.05, 3.63) is 59.2 Å². The number of nitrogens with zero attached hydrogens (tertiary/aromatic N) is 1. The van der Waals surface area contributed by atoms with Gasteiger partial charge in [-0.25, -0.2) is 0 Å². The van der Waals surface area contributed by atoms with Gasteiger partial charge in [-0.05, 0) is 88.4 Å². The van der Waals surface area contributed by atoms with Crippen molar-refractivity contribution < 1.29 is 18.0 Å². The second kappa shape index (κ2) is 10.6. The Hall–Kier alpha value is -2.54. The Kier molecular flexibility index (Phi) is 7.74. The van der Waals surface area contributed by atoms with Crippen LogP contribution in [0.4, 0.5) is 24.5 Å². The molecule has 0 unspecified atom stereocenters. The Morgan fingerprint density at radius 1 is 0.971 bits per heavy atom. The smallest absolute Gasteiger partial charge is 0.382 e. The third kappa shape index (κ3) is 6.00. The second-order valence-electron chi connectivity index (χ2n) is 10.3. The maximum absolute atomic E-state index is 13.4. The number of piperidine rings is 1. The van der Waals surface area contributed by atoms with Crippen molar-refractivity contribution in [3.8, 4) is 0 Å². The zero-order valence-electron chi connectivity index (χ0n) is 20.8. The van der Waals surface area contributed by atoms with E-state index in [1.807, 2.05) is 0 Å². The zero-order chi connectivity index (χ0) is 25.2. The van der Waals surface area contributed by atoms with Gasteiger partial charge in [0.25, 0.3) is 0 Å². The van der Waals surface area contributed by atoms with E-state index in [1.54, 1.807) is 6.07 Å². The van der Waals surface area contributed by atoms with E-state index in [4.69, 9.17) is 0 Å². The quantitative estimate of drug-likeness (QED) is 0.454. The molecule has 0 radical (unpaired) electrons. The van der Waals surface area contributed by atoms with Gasteiger partial charge in [0, 0.05) is 29.5 Å². The number of alkyl halides is 3. The average Bonchev–Trinajstić information content (AvgIpc) is 3.32. The molecule has 1 aliphatic carbocycles. The number of aryl methyl sites for hydroxylation is 1. The van der Waals surface area contributed by atoms with Gasteiger partial charge in [0.1, 0.15) is 0 Å². The van der Waals surface area contributed by atoms with E-state index in [-0.39, 0.29) is 35.2 Å². The van der Waals surface area contributed by atoms with Crippen LogP contribution in [0.25, 0.3) is 0 Å². The first-order valence-electron chi connectivity index (χ1n) is 12.7. The number of halogens is 3. The summed E-state index contributed by atoms with van der Waals surface area (Å²) in [5, 5.41) is 6.40. The third-order valence-corrected chi connectivity index (χ3v) is 7.46. The van der Waals surface area contributed by atoms with Gasteiger partial charge < -0.3 is 10.6 Å². The standard InChI is InChI=1S/C28H36F3N3O/c1-18(2)34-16-6-9-24(27(35)33-23-13-10-19(3)25(17-23)28(29,30)31)26(34)20-11-14-22(15-12-20)32-21-7-4-5-8-21/h10-15,17-18,21,24,26,32H,4-9,16H2,1-3H3,(H,33,35)/t24-,26-/m0/s1. The molecule has 4 nitrogen and oxygen atoms in total. The number of benzene rings is 2. The second-order valence-corrected chi connectivity index (χ2v) is 10.3. The van der Waals surface area contributed by atoms with Crippen LogP contribution in [0.15, 0.2) is 42.5 Å². The van der Waals surface area contributed by atoms with Gasteiger partial charge >= 0.3 is 6.18 Å². The lowest BCUT2D eigenvalue weighted by atomic mass is 9.83. The molecule has 35 heavy (non-hydrogen) atoms. The highest BCUT2D eigenvalue weighted by Crippen LogP contribution is 2.39.